The Morgan fingerprint density at radius 3 is 1.47 bits per heavy atom. The van der Waals surface area contributed by atoms with E-state index in [1.54, 1.807) is 67.1 Å². The highest BCUT2D eigenvalue weighted by Crippen LogP contribution is 2.41. The molecule has 0 saturated carbocycles. The highest BCUT2D eigenvalue weighted by atomic mass is 35.5. The Balaban J connectivity index is 0.000000220. The standard InChI is InChI=1S/C19H13Cl2NO4S.C17H11Cl2NO3.C2H3ClOS/c1-10-6-12(20)16(13(21)7-10)17-15(26-19(27)24-2)8-14(25-18(17)23)11-4-3-5-22-9-11;1-9-5-11(18)15(12(19)6-9)16-13(21)7-14(23-17(16)22)10-3-2-4-20-8-10;1-4-2(3)5/h3-9H,1-2H3;2-8,21H,1H3;1H3. The van der Waals surface area contributed by atoms with Gasteiger partial charge in [0.2, 0.25) is 0 Å². The van der Waals surface area contributed by atoms with E-state index in [0.717, 1.165) is 11.1 Å². The second-order valence-electron chi connectivity index (χ2n) is 11.0. The molecule has 10 nitrogen and oxygen atoms in total. The molecule has 0 aliphatic carbocycles. The number of rotatable bonds is 5. The van der Waals surface area contributed by atoms with Crippen LogP contribution in [0.2, 0.25) is 20.1 Å². The Morgan fingerprint density at radius 1 is 0.673 bits per heavy atom. The van der Waals surface area contributed by atoms with Crippen LogP contribution in [-0.2, 0) is 9.47 Å². The van der Waals surface area contributed by atoms with Gasteiger partial charge in [-0.1, -0.05) is 46.4 Å². The van der Waals surface area contributed by atoms with Gasteiger partial charge in [0.1, 0.15) is 28.4 Å². The van der Waals surface area contributed by atoms with Crippen LogP contribution < -0.4 is 16.0 Å². The molecule has 0 saturated heterocycles. The molecule has 284 valence electrons. The van der Waals surface area contributed by atoms with Crippen LogP contribution >= 0.6 is 82.4 Å². The van der Waals surface area contributed by atoms with Gasteiger partial charge in [0.05, 0.1) is 34.3 Å². The fraction of sp³-hybridized carbons (Fsp3) is 0.105. The second kappa shape index (κ2) is 19.9. The van der Waals surface area contributed by atoms with Crippen molar-refractivity contribution in [2.75, 3.05) is 14.2 Å². The summed E-state index contributed by atoms with van der Waals surface area (Å²) in [7, 11) is 2.79. The normalized spacial score (nSPS) is 10.3. The van der Waals surface area contributed by atoms with E-state index in [4.69, 9.17) is 88.5 Å². The lowest BCUT2D eigenvalue weighted by molar-refractivity contribution is 0.314. The Labute approximate surface area is 350 Å². The molecule has 0 radical (unpaired) electrons. The average molecular weight is 881 g/mol. The van der Waals surface area contributed by atoms with Gasteiger partial charge in [0.15, 0.2) is 5.75 Å². The third-order valence-electron chi connectivity index (χ3n) is 7.13. The van der Waals surface area contributed by atoms with Crippen molar-refractivity contribution in [1.82, 2.24) is 9.97 Å². The van der Waals surface area contributed by atoms with E-state index in [-0.39, 0.29) is 69.5 Å². The van der Waals surface area contributed by atoms with E-state index in [1.165, 1.54) is 32.5 Å². The van der Waals surface area contributed by atoms with Crippen molar-refractivity contribution in [1.29, 1.82) is 0 Å². The fourth-order valence-corrected chi connectivity index (χ4v) is 6.46. The maximum Gasteiger partial charge on any atom is 0.357 e. The number of pyridine rings is 2. The van der Waals surface area contributed by atoms with Gasteiger partial charge in [-0.05, 0) is 97.3 Å². The van der Waals surface area contributed by atoms with E-state index in [2.05, 4.69) is 26.9 Å². The third kappa shape index (κ3) is 11.3. The van der Waals surface area contributed by atoms with Gasteiger partial charge in [-0.2, -0.15) is 0 Å². The van der Waals surface area contributed by atoms with Crippen LogP contribution in [0.5, 0.6) is 11.5 Å². The zero-order chi connectivity index (χ0) is 40.4. The third-order valence-corrected chi connectivity index (χ3v) is 8.89. The van der Waals surface area contributed by atoms with Crippen molar-refractivity contribution < 1.29 is 28.2 Å². The summed E-state index contributed by atoms with van der Waals surface area (Å²) in [4.78, 5) is 33.2. The quantitative estimate of drug-likeness (QED) is 0.130. The summed E-state index contributed by atoms with van der Waals surface area (Å²) in [6.07, 6.45) is 6.30. The molecule has 6 aromatic rings. The van der Waals surface area contributed by atoms with Gasteiger partial charge in [0.25, 0.3) is 4.51 Å². The summed E-state index contributed by atoms with van der Waals surface area (Å²) in [5, 5.41) is 11.3. The highest BCUT2D eigenvalue weighted by molar-refractivity contribution is 7.82. The molecule has 0 aliphatic heterocycles. The molecule has 0 amide bonds. The van der Waals surface area contributed by atoms with Gasteiger partial charge >= 0.3 is 16.5 Å². The van der Waals surface area contributed by atoms with Gasteiger partial charge < -0.3 is 28.2 Å². The molecule has 55 heavy (non-hydrogen) atoms. The first-order valence-electron chi connectivity index (χ1n) is 15.4. The lowest BCUT2D eigenvalue weighted by Gasteiger charge is -2.14. The molecule has 0 unspecified atom stereocenters. The Kier molecular flexibility index (Phi) is 15.6. The van der Waals surface area contributed by atoms with Crippen molar-refractivity contribution in [2.24, 2.45) is 0 Å². The number of aryl methyl sites for hydroxylation is 2. The predicted molar refractivity (Wildman–Crippen MR) is 224 cm³/mol. The van der Waals surface area contributed by atoms with E-state index >= 15 is 0 Å². The summed E-state index contributed by atoms with van der Waals surface area (Å²) in [5.41, 5.74) is 1.99. The number of benzene rings is 2. The number of thiocarbonyl (C=S) groups is 2. The number of halogens is 5. The molecular formula is C38H27Cl5N2O8S2. The van der Waals surface area contributed by atoms with E-state index < -0.39 is 11.3 Å². The van der Waals surface area contributed by atoms with Crippen LogP contribution in [0.4, 0.5) is 0 Å². The minimum atomic E-state index is -0.725. The van der Waals surface area contributed by atoms with Gasteiger partial charge in [0, 0.05) is 71.4 Å². The van der Waals surface area contributed by atoms with Crippen LogP contribution in [-0.4, -0.2) is 39.0 Å². The van der Waals surface area contributed by atoms with Crippen molar-refractivity contribution in [3.05, 3.63) is 138 Å². The Hall–Kier alpha value is -4.53. The fourth-order valence-electron chi connectivity index (χ4n) is 4.80. The molecule has 2 aromatic carbocycles. The number of aromatic hydroxyl groups is 1. The number of hydrogen-bond donors (Lipinski definition) is 1. The molecule has 0 fully saturated rings. The first-order valence-corrected chi connectivity index (χ1v) is 18.1. The number of nitrogens with zero attached hydrogens (tertiary/aromatic N) is 2. The lowest BCUT2D eigenvalue weighted by Crippen LogP contribution is -2.13. The average Bonchev–Trinajstić information content (AvgIpc) is 3.14. The first kappa shape index (κ1) is 43.2. The summed E-state index contributed by atoms with van der Waals surface area (Å²) < 4.78 is 25.5. The van der Waals surface area contributed by atoms with E-state index in [9.17, 15) is 14.7 Å². The molecule has 0 spiro atoms. The summed E-state index contributed by atoms with van der Waals surface area (Å²) in [6.45, 7) is 3.67. The molecule has 17 heteroatoms. The highest BCUT2D eigenvalue weighted by Gasteiger charge is 2.23. The monoisotopic (exact) mass is 878 g/mol. The molecule has 1 N–H and O–H groups in total. The number of ether oxygens (including phenoxy) is 3. The molecule has 0 bridgehead atoms. The summed E-state index contributed by atoms with van der Waals surface area (Å²) >= 11 is 39.3. The van der Waals surface area contributed by atoms with Crippen molar-refractivity contribution in [3.8, 4) is 56.4 Å². The SMILES string of the molecule is COC(=S)Cl.COC(=S)Oc1cc(-c2cccnc2)oc(=O)c1-c1c(Cl)cc(C)cc1Cl.Cc1cc(Cl)c(-c2c(O)cc(-c3cccnc3)oc2=O)c(Cl)c1. The second-order valence-corrected chi connectivity index (χ2v) is 13.9. The summed E-state index contributed by atoms with van der Waals surface area (Å²) in [6, 6.07) is 16.5. The molecule has 0 atom stereocenters. The Bertz CT molecular complexity index is 2420. The minimum absolute atomic E-state index is 0.0528. The minimum Gasteiger partial charge on any atom is -0.507 e. The van der Waals surface area contributed by atoms with Gasteiger partial charge in [-0.3, -0.25) is 9.97 Å². The number of aromatic nitrogens is 2. The molecule has 6 rings (SSSR count). The molecule has 4 aromatic heterocycles. The van der Waals surface area contributed by atoms with Gasteiger partial charge in [-0.15, -0.1) is 0 Å². The number of methoxy groups -OCH3 is 2. The van der Waals surface area contributed by atoms with Crippen LogP contribution in [0, 0.1) is 13.8 Å². The smallest absolute Gasteiger partial charge is 0.357 e. The molecule has 4 heterocycles. The van der Waals surface area contributed by atoms with Crippen molar-refractivity contribution in [2.45, 2.75) is 13.8 Å². The van der Waals surface area contributed by atoms with Crippen LogP contribution in [0.3, 0.4) is 0 Å². The van der Waals surface area contributed by atoms with Crippen molar-refractivity contribution >= 4 is 92.2 Å². The number of hydrogen-bond acceptors (Lipinski definition) is 12. The topological polar surface area (TPSA) is 134 Å². The zero-order valence-corrected chi connectivity index (χ0v) is 34.4. The predicted octanol–water partition coefficient (Wildman–Crippen LogP) is 11.1. The first-order chi connectivity index (χ1) is 26.1. The maximum absolute atomic E-state index is 12.8. The molecule has 0 aliphatic rings. The summed E-state index contributed by atoms with van der Waals surface area (Å²) in [5.74, 6) is 0.325. The van der Waals surface area contributed by atoms with Gasteiger partial charge in [-0.25, -0.2) is 9.59 Å². The van der Waals surface area contributed by atoms with Crippen LogP contribution in [0.15, 0.2) is 104 Å². The van der Waals surface area contributed by atoms with Crippen LogP contribution in [0.1, 0.15) is 11.1 Å². The largest absolute Gasteiger partial charge is 0.507 e. The van der Waals surface area contributed by atoms with E-state index in [0.29, 0.717) is 16.7 Å². The maximum atomic E-state index is 12.8. The van der Waals surface area contributed by atoms with E-state index in [1.807, 2.05) is 13.8 Å². The zero-order valence-electron chi connectivity index (χ0n) is 29.0. The Morgan fingerprint density at radius 2 is 1.09 bits per heavy atom. The van der Waals surface area contributed by atoms with Crippen LogP contribution in [0.25, 0.3) is 44.9 Å². The lowest BCUT2D eigenvalue weighted by atomic mass is 10.0. The van der Waals surface area contributed by atoms with Crippen molar-refractivity contribution in [3.63, 3.8) is 0 Å². The molecular weight excluding hydrogens is 854 g/mol.